The smallest absolute Gasteiger partial charge is 0.329 e. The molecular weight excluding hydrogens is 358 g/mol. The first-order valence-corrected chi connectivity index (χ1v) is 9.13. The van der Waals surface area contributed by atoms with Gasteiger partial charge in [0.15, 0.2) is 0 Å². The van der Waals surface area contributed by atoms with Gasteiger partial charge in [-0.25, -0.2) is 5.43 Å². The molecule has 0 fully saturated rings. The second kappa shape index (κ2) is 10.7. The van der Waals surface area contributed by atoms with Crippen molar-refractivity contribution < 1.29 is 19.1 Å². The molecule has 0 heterocycles. The zero-order valence-electron chi connectivity index (χ0n) is 16.3. The maximum atomic E-state index is 12.0. The Labute approximate surface area is 164 Å². The summed E-state index contributed by atoms with van der Waals surface area (Å²) in [6.07, 6.45) is 1.42. The van der Waals surface area contributed by atoms with Crippen LogP contribution >= 0.6 is 0 Å². The summed E-state index contributed by atoms with van der Waals surface area (Å²) in [5.74, 6) is -0.344. The van der Waals surface area contributed by atoms with E-state index in [0.29, 0.717) is 30.3 Å². The first kappa shape index (κ1) is 21.0. The number of amides is 2. The van der Waals surface area contributed by atoms with Crippen LogP contribution in [0.1, 0.15) is 37.9 Å². The predicted molar refractivity (Wildman–Crippen MR) is 108 cm³/mol. The highest BCUT2D eigenvalue weighted by molar-refractivity contribution is 6.35. The van der Waals surface area contributed by atoms with Crippen LogP contribution in [-0.2, 0) is 9.59 Å². The molecule has 2 amide bonds. The van der Waals surface area contributed by atoms with Gasteiger partial charge in [0, 0.05) is 11.6 Å². The zero-order chi connectivity index (χ0) is 20.4. The SMILES string of the molecule is CCOc1ccc(/C=N\NC(=O)C(=O)N[C@H](C)c2ccccc2)c(OCC)c1. The Morgan fingerprint density at radius 3 is 2.43 bits per heavy atom. The quantitative estimate of drug-likeness (QED) is 0.417. The first-order chi connectivity index (χ1) is 13.5. The van der Waals surface area contributed by atoms with E-state index < -0.39 is 11.8 Å². The van der Waals surface area contributed by atoms with E-state index in [1.165, 1.54) is 6.21 Å². The third-order valence-corrected chi connectivity index (χ3v) is 3.82. The Balaban J connectivity index is 1.95. The predicted octanol–water partition coefficient (Wildman–Crippen LogP) is 2.81. The topological polar surface area (TPSA) is 89.0 Å². The average molecular weight is 383 g/mol. The summed E-state index contributed by atoms with van der Waals surface area (Å²) >= 11 is 0. The van der Waals surface area contributed by atoms with Crippen molar-refractivity contribution in [2.45, 2.75) is 26.8 Å². The molecule has 7 nitrogen and oxygen atoms in total. The summed E-state index contributed by atoms with van der Waals surface area (Å²) in [5.41, 5.74) is 3.79. The van der Waals surface area contributed by atoms with Crippen LogP contribution < -0.4 is 20.2 Å². The molecule has 0 aliphatic rings. The van der Waals surface area contributed by atoms with Crippen molar-refractivity contribution in [2.24, 2.45) is 5.10 Å². The molecule has 148 valence electrons. The maximum Gasteiger partial charge on any atom is 0.329 e. The summed E-state index contributed by atoms with van der Waals surface area (Å²) in [4.78, 5) is 24.0. The van der Waals surface area contributed by atoms with Gasteiger partial charge >= 0.3 is 11.8 Å². The Kier molecular flexibility index (Phi) is 8.02. The van der Waals surface area contributed by atoms with E-state index >= 15 is 0 Å². The standard InChI is InChI=1S/C21H25N3O4/c1-4-27-18-12-11-17(19(13-18)28-5-2)14-22-24-21(26)20(25)23-15(3)16-9-7-6-8-10-16/h6-15H,4-5H2,1-3H3,(H,23,25)(H,24,26)/b22-14-/t15-/m1/s1. The fraction of sp³-hybridized carbons (Fsp3) is 0.286. The molecule has 2 rings (SSSR count). The van der Waals surface area contributed by atoms with Gasteiger partial charge in [-0.15, -0.1) is 0 Å². The fourth-order valence-electron chi connectivity index (χ4n) is 2.46. The molecule has 0 aliphatic carbocycles. The number of hydrogen-bond donors (Lipinski definition) is 2. The number of nitrogens with one attached hydrogen (secondary N) is 2. The van der Waals surface area contributed by atoms with Gasteiger partial charge in [0.25, 0.3) is 0 Å². The van der Waals surface area contributed by atoms with Gasteiger partial charge in [0.05, 0.1) is 25.5 Å². The molecule has 1 atom stereocenters. The van der Waals surface area contributed by atoms with Crippen molar-refractivity contribution in [3.05, 3.63) is 59.7 Å². The Hall–Kier alpha value is -3.35. The van der Waals surface area contributed by atoms with Crippen LogP contribution in [0.15, 0.2) is 53.6 Å². The minimum absolute atomic E-state index is 0.293. The fourth-order valence-corrected chi connectivity index (χ4v) is 2.46. The normalized spacial score (nSPS) is 11.7. The van der Waals surface area contributed by atoms with Gasteiger partial charge < -0.3 is 14.8 Å². The number of hydrogen-bond acceptors (Lipinski definition) is 5. The van der Waals surface area contributed by atoms with E-state index in [2.05, 4.69) is 15.8 Å². The van der Waals surface area contributed by atoms with Crippen LogP contribution in [0.25, 0.3) is 0 Å². The molecule has 0 saturated carbocycles. The van der Waals surface area contributed by atoms with Crippen LogP contribution in [0.4, 0.5) is 0 Å². The molecule has 0 aromatic heterocycles. The van der Waals surface area contributed by atoms with Crippen LogP contribution in [0.2, 0.25) is 0 Å². The average Bonchev–Trinajstić information content (AvgIpc) is 2.70. The molecule has 0 spiro atoms. The van der Waals surface area contributed by atoms with Crippen molar-refractivity contribution in [3.63, 3.8) is 0 Å². The van der Waals surface area contributed by atoms with E-state index in [1.54, 1.807) is 25.1 Å². The van der Waals surface area contributed by atoms with E-state index in [0.717, 1.165) is 5.56 Å². The van der Waals surface area contributed by atoms with Crippen LogP contribution in [0, 0.1) is 0 Å². The minimum Gasteiger partial charge on any atom is -0.494 e. The Morgan fingerprint density at radius 1 is 1.04 bits per heavy atom. The summed E-state index contributed by atoms with van der Waals surface area (Å²) in [7, 11) is 0. The summed E-state index contributed by atoms with van der Waals surface area (Å²) < 4.78 is 11.0. The van der Waals surface area contributed by atoms with Gasteiger partial charge in [-0.1, -0.05) is 30.3 Å². The molecule has 2 N–H and O–H groups in total. The molecule has 7 heteroatoms. The lowest BCUT2D eigenvalue weighted by atomic mass is 10.1. The largest absolute Gasteiger partial charge is 0.494 e. The molecule has 0 bridgehead atoms. The Bertz CT molecular complexity index is 822. The van der Waals surface area contributed by atoms with Gasteiger partial charge in [0.1, 0.15) is 11.5 Å². The molecule has 28 heavy (non-hydrogen) atoms. The highest BCUT2D eigenvalue weighted by Crippen LogP contribution is 2.23. The number of nitrogens with zero attached hydrogens (tertiary/aromatic N) is 1. The maximum absolute atomic E-state index is 12.0. The minimum atomic E-state index is -0.845. The van der Waals surface area contributed by atoms with Crippen LogP contribution in [0.3, 0.4) is 0 Å². The number of rotatable bonds is 8. The van der Waals surface area contributed by atoms with E-state index in [4.69, 9.17) is 9.47 Å². The van der Waals surface area contributed by atoms with Gasteiger partial charge in [-0.3, -0.25) is 9.59 Å². The molecule has 0 saturated heterocycles. The lowest BCUT2D eigenvalue weighted by Gasteiger charge is -2.13. The highest BCUT2D eigenvalue weighted by Gasteiger charge is 2.16. The second-order valence-corrected chi connectivity index (χ2v) is 5.87. The van der Waals surface area contributed by atoms with Crippen molar-refractivity contribution in [1.82, 2.24) is 10.7 Å². The Morgan fingerprint density at radius 2 is 1.75 bits per heavy atom. The third-order valence-electron chi connectivity index (χ3n) is 3.82. The summed E-state index contributed by atoms with van der Waals surface area (Å²) in [5, 5.41) is 6.49. The molecule has 2 aromatic carbocycles. The highest BCUT2D eigenvalue weighted by atomic mass is 16.5. The van der Waals surface area contributed by atoms with Gasteiger partial charge in [-0.05, 0) is 38.5 Å². The second-order valence-electron chi connectivity index (χ2n) is 5.87. The van der Waals surface area contributed by atoms with Crippen molar-refractivity contribution >= 4 is 18.0 Å². The number of ether oxygens (including phenoxy) is 2. The number of carbonyl (C=O) groups excluding carboxylic acids is 2. The molecule has 0 unspecified atom stereocenters. The van der Waals surface area contributed by atoms with Crippen LogP contribution in [-0.4, -0.2) is 31.2 Å². The molecular formula is C21H25N3O4. The van der Waals surface area contributed by atoms with Crippen molar-refractivity contribution in [3.8, 4) is 11.5 Å². The lowest BCUT2D eigenvalue weighted by Crippen LogP contribution is -2.39. The number of carbonyl (C=O) groups is 2. The third kappa shape index (κ3) is 6.12. The summed E-state index contributed by atoms with van der Waals surface area (Å²) in [6.45, 7) is 6.59. The molecule has 0 radical (unpaired) electrons. The molecule has 0 aliphatic heterocycles. The van der Waals surface area contributed by atoms with Crippen LogP contribution in [0.5, 0.6) is 11.5 Å². The van der Waals surface area contributed by atoms with Crippen molar-refractivity contribution in [1.29, 1.82) is 0 Å². The number of hydrazone groups is 1. The van der Waals surface area contributed by atoms with E-state index in [1.807, 2.05) is 44.2 Å². The molecule has 2 aromatic rings. The monoisotopic (exact) mass is 383 g/mol. The van der Waals surface area contributed by atoms with E-state index in [9.17, 15) is 9.59 Å². The zero-order valence-corrected chi connectivity index (χ0v) is 16.3. The number of benzene rings is 2. The lowest BCUT2D eigenvalue weighted by molar-refractivity contribution is -0.139. The van der Waals surface area contributed by atoms with E-state index in [-0.39, 0.29) is 6.04 Å². The van der Waals surface area contributed by atoms with Crippen molar-refractivity contribution in [2.75, 3.05) is 13.2 Å². The summed E-state index contributed by atoms with van der Waals surface area (Å²) in [6, 6.07) is 14.4. The van der Waals surface area contributed by atoms with Gasteiger partial charge in [-0.2, -0.15) is 5.10 Å². The first-order valence-electron chi connectivity index (χ1n) is 9.13. The van der Waals surface area contributed by atoms with Gasteiger partial charge in [0.2, 0.25) is 0 Å².